The smallest absolute Gasteiger partial charge is 0.306 e. The fourth-order valence-electron chi connectivity index (χ4n) is 2.04. The lowest BCUT2D eigenvalue weighted by Crippen LogP contribution is -2.24. The highest BCUT2D eigenvalue weighted by Crippen LogP contribution is 2.08. The first-order valence-corrected chi connectivity index (χ1v) is 6.99. The first-order chi connectivity index (χ1) is 10.2. The summed E-state index contributed by atoms with van der Waals surface area (Å²) in [5, 5.41) is 0. The fourth-order valence-corrected chi connectivity index (χ4v) is 2.04. The van der Waals surface area contributed by atoms with Crippen LogP contribution < -0.4 is 0 Å². The third-order valence-corrected chi connectivity index (χ3v) is 3.20. The van der Waals surface area contributed by atoms with Crippen molar-refractivity contribution in [2.75, 3.05) is 0 Å². The molecule has 0 spiro atoms. The van der Waals surface area contributed by atoms with Gasteiger partial charge in [-0.05, 0) is 18.9 Å². The number of ether oxygens (including phenoxy) is 1. The Labute approximate surface area is 124 Å². The Hall–Kier alpha value is -2.42. The van der Waals surface area contributed by atoms with Crippen molar-refractivity contribution in [2.45, 2.75) is 25.9 Å². The topological polar surface area (TPSA) is 43.4 Å². The maximum Gasteiger partial charge on any atom is 0.306 e. The number of aryl methyl sites for hydroxylation is 1. The minimum Gasteiger partial charge on any atom is -0.454 e. The largest absolute Gasteiger partial charge is 0.454 e. The van der Waals surface area contributed by atoms with Gasteiger partial charge >= 0.3 is 5.97 Å². The minimum atomic E-state index is -0.754. The van der Waals surface area contributed by atoms with E-state index in [2.05, 4.69) is 0 Å². The van der Waals surface area contributed by atoms with Gasteiger partial charge in [0, 0.05) is 12.0 Å². The zero-order chi connectivity index (χ0) is 15.1. The number of benzene rings is 2. The van der Waals surface area contributed by atoms with E-state index in [9.17, 15) is 9.59 Å². The molecule has 2 aromatic rings. The average Bonchev–Trinajstić information content (AvgIpc) is 2.54. The Balaban J connectivity index is 1.83. The van der Waals surface area contributed by atoms with Gasteiger partial charge in [0.15, 0.2) is 6.10 Å². The highest BCUT2D eigenvalue weighted by atomic mass is 16.5. The number of hydrogen-bond donors (Lipinski definition) is 0. The predicted octanol–water partition coefficient (Wildman–Crippen LogP) is 3.43. The van der Waals surface area contributed by atoms with Gasteiger partial charge in [-0.25, -0.2) is 0 Å². The first-order valence-electron chi connectivity index (χ1n) is 6.99. The summed E-state index contributed by atoms with van der Waals surface area (Å²) in [5.74, 6) is -0.528. The predicted molar refractivity (Wildman–Crippen MR) is 81.1 cm³/mol. The van der Waals surface area contributed by atoms with Crippen LogP contribution >= 0.6 is 0 Å². The minimum absolute atomic E-state index is 0.177. The van der Waals surface area contributed by atoms with Crippen molar-refractivity contribution in [2.24, 2.45) is 0 Å². The van der Waals surface area contributed by atoms with Crippen molar-refractivity contribution >= 4 is 11.8 Å². The Morgan fingerprint density at radius 2 is 1.52 bits per heavy atom. The van der Waals surface area contributed by atoms with Crippen molar-refractivity contribution in [3.63, 3.8) is 0 Å². The molecule has 0 aliphatic rings. The van der Waals surface area contributed by atoms with Crippen molar-refractivity contribution in [1.82, 2.24) is 0 Å². The summed E-state index contributed by atoms with van der Waals surface area (Å²) in [6.07, 6.45) is 0.137. The van der Waals surface area contributed by atoms with Crippen LogP contribution in [0.5, 0.6) is 0 Å². The van der Waals surface area contributed by atoms with Gasteiger partial charge in [-0.2, -0.15) is 0 Å². The number of carbonyl (C=O) groups is 2. The van der Waals surface area contributed by atoms with E-state index < -0.39 is 6.10 Å². The summed E-state index contributed by atoms with van der Waals surface area (Å²) in [6, 6.07) is 18.6. The van der Waals surface area contributed by atoms with Gasteiger partial charge in [0.05, 0.1) is 0 Å². The second-order valence-corrected chi connectivity index (χ2v) is 4.85. The molecule has 21 heavy (non-hydrogen) atoms. The van der Waals surface area contributed by atoms with Crippen molar-refractivity contribution < 1.29 is 14.3 Å². The second kappa shape index (κ2) is 7.39. The van der Waals surface area contributed by atoms with Crippen LogP contribution in [0, 0.1) is 0 Å². The summed E-state index contributed by atoms with van der Waals surface area (Å²) >= 11 is 0. The number of ketones is 1. The van der Waals surface area contributed by atoms with E-state index in [1.54, 1.807) is 31.2 Å². The van der Waals surface area contributed by atoms with E-state index in [1.165, 1.54) is 0 Å². The number of hydrogen-bond acceptors (Lipinski definition) is 3. The molecule has 3 nitrogen and oxygen atoms in total. The molecule has 0 heterocycles. The van der Waals surface area contributed by atoms with Crippen LogP contribution in [0.25, 0.3) is 0 Å². The summed E-state index contributed by atoms with van der Waals surface area (Å²) in [7, 11) is 0. The standard InChI is InChI=1S/C18H18O3/c1-14(18(20)16-10-6-3-7-11-16)21-17(19)13-12-15-8-4-2-5-9-15/h2-11,14H,12-13H2,1H3/t14-/m1/s1. The molecule has 108 valence electrons. The van der Waals surface area contributed by atoms with E-state index in [1.807, 2.05) is 36.4 Å². The number of carbonyl (C=O) groups excluding carboxylic acids is 2. The zero-order valence-electron chi connectivity index (χ0n) is 12.0. The molecule has 0 aliphatic carbocycles. The normalized spacial score (nSPS) is 11.7. The molecule has 1 atom stereocenters. The average molecular weight is 282 g/mol. The zero-order valence-corrected chi connectivity index (χ0v) is 12.0. The van der Waals surface area contributed by atoms with Gasteiger partial charge in [-0.15, -0.1) is 0 Å². The molecule has 3 heteroatoms. The molecule has 0 amide bonds. The van der Waals surface area contributed by atoms with Crippen LogP contribution in [0.4, 0.5) is 0 Å². The van der Waals surface area contributed by atoms with Crippen LogP contribution in [0.1, 0.15) is 29.3 Å². The van der Waals surface area contributed by atoms with Crippen molar-refractivity contribution in [3.05, 3.63) is 71.8 Å². The van der Waals surface area contributed by atoms with Crippen LogP contribution in [-0.2, 0) is 16.0 Å². The lowest BCUT2D eigenvalue weighted by molar-refractivity contribution is -0.146. The molecular formula is C18H18O3. The highest BCUT2D eigenvalue weighted by Gasteiger charge is 2.18. The third-order valence-electron chi connectivity index (χ3n) is 3.20. The maximum absolute atomic E-state index is 12.1. The lowest BCUT2D eigenvalue weighted by Gasteiger charge is -2.12. The number of esters is 1. The quantitative estimate of drug-likeness (QED) is 0.602. The van der Waals surface area contributed by atoms with Crippen molar-refractivity contribution in [1.29, 1.82) is 0 Å². The van der Waals surface area contributed by atoms with E-state index in [0.717, 1.165) is 5.56 Å². The summed E-state index contributed by atoms with van der Waals surface area (Å²) in [6.45, 7) is 1.61. The van der Waals surface area contributed by atoms with Gasteiger partial charge in [0.2, 0.25) is 5.78 Å². The number of rotatable bonds is 6. The molecule has 0 unspecified atom stereocenters. The lowest BCUT2D eigenvalue weighted by atomic mass is 10.1. The van der Waals surface area contributed by atoms with Gasteiger partial charge in [0.1, 0.15) is 0 Å². The van der Waals surface area contributed by atoms with Crippen LogP contribution in [0.3, 0.4) is 0 Å². The van der Waals surface area contributed by atoms with E-state index in [-0.39, 0.29) is 18.2 Å². The summed E-state index contributed by atoms with van der Waals surface area (Å²) in [5.41, 5.74) is 1.64. The maximum atomic E-state index is 12.1. The monoisotopic (exact) mass is 282 g/mol. The molecule has 0 saturated heterocycles. The highest BCUT2D eigenvalue weighted by molar-refractivity contribution is 6.00. The summed E-state index contributed by atoms with van der Waals surface area (Å²) < 4.78 is 5.20. The number of Topliss-reactive ketones (excluding diaryl/α,β-unsaturated/α-hetero) is 1. The van der Waals surface area contributed by atoms with E-state index in [4.69, 9.17) is 4.74 Å². The molecule has 0 aromatic heterocycles. The van der Waals surface area contributed by atoms with Crippen LogP contribution in [0.2, 0.25) is 0 Å². The van der Waals surface area contributed by atoms with E-state index in [0.29, 0.717) is 12.0 Å². The summed E-state index contributed by atoms with van der Waals surface area (Å²) in [4.78, 5) is 23.9. The molecule has 2 aromatic carbocycles. The Bertz CT molecular complexity index is 590. The third kappa shape index (κ3) is 4.56. The van der Waals surface area contributed by atoms with Gasteiger partial charge in [0.25, 0.3) is 0 Å². The molecule has 0 bridgehead atoms. The SMILES string of the molecule is C[C@@H](OC(=O)CCc1ccccc1)C(=O)c1ccccc1. The van der Waals surface area contributed by atoms with Crippen LogP contribution in [0.15, 0.2) is 60.7 Å². The van der Waals surface area contributed by atoms with Crippen LogP contribution in [-0.4, -0.2) is 17.9 Å². The molecule has 0 radical (unpaired) electrons. The molecular weight excluding hydrogens is 264 g/mol. The van der Waals surface area contributed by atoms with E-state index >= 15 is 0 Å². The molecule has 0 aliphatic heterocycles. The van der Waals surface area contributed by atoms with Crippen molar-refractivity contribution in [3.8, 4) is 0 Å². The fraction of sp³-hybridized carbons (Fsp3) is 0.222. The van der Waals surface area contributed by atoms with Gasteiger partial charge in [-0.3, -0.25) is 9.59 Å². The first kappa shape index (κ1) is 15.0. The molecule has 0 fully saturated rings. The second-order valence-electron chi connectivity index (χ2n) is 4.85. The molecule has 0 saturated carbocycles. The molecule has 0 N–H and O–H groups in total. The Morgan fingerprint density at radius 1 is 0.952 bits per heavy atom. The Kier molecular flexibility index (Phi) is 5.27. The Morgan fingerprint density at radius 3 is 2.14 bits per heavy atom. The van der Waals surface area contributed by atoms with Gasteiger partial charge < -0.3 is 4.74 Å². The van der Waals surface area contributed by atoms with Gasteiger partial charge in [-0.1, -0.05) is 60.7 Å². The molecule has 2 rings (SSSR count).